The number of nitrogens with zero attached hydrogens (tertiary/aromatic N) is 2. The van der Waals surface area contributed by atoms with Gasteiger partial charge in [0.1, 0.15) is 0 Å². The molecule has 0 radical (unpaired) electrons. The normalized spacial score (nSPS) is 15.8. The van der Waals surface area contributed by atoms with Crippen LogP contribution in [0, 0.1) is 23.0 Å². The molecule has 0 spiro atoms. The highest BCUT2D eigenvalue weighted by Crippen LogP contribution is 2.38. The van der Waals surface area contributed by atoms with Gasteiger partial charge in [0, 0.05) is 19.2 Å². The van der Waals surface area contributed by atoms with Crippen LogP contribution in [-0.4, -0.2) is 37.8 Å². The second-order valence-electron chi connectivity index (χ2n) is 7.23. The van der Waals surface area contributed by atoms with Crippen LogP contribution in [0.3, 0.4) is 0 Å². The van der Waals surface area contributed by atoms with Crippen LogP contribution in [0.2, 0.25) is 0 Å². The molecule has 0 atom stereocenters. The number of ether oxygens (including phenoxy) is 2. The fraction of sp³-hybridized carbons (Fsp3) is 0.400. The van der Waals surface area contributed by atoms with Crippen LogP contribution in [0.1, 0.15) is 25.3 Å². The fourth-order valence-electron chi connectivity index (χ4n) is 3.24. The summed E-state index contributed by atoms with van der Waals surface area (Å²) in [5.41, 5.74) is 0.528. The van der Waals surface area contributed by atoms with Gasteiger partial charge in [0.15, 0.2) is 11.5 Å². The third-order valence-corrected chi connectivity index (χ3v) is 6.94. The van der Waals surface area contributed by atoms with E-state index in [0.717, 1.165) is 24.5 Å². The van der Waals surface area contributed by atoms with Crippen LogP contribution in [0.25, 0.3) is 0 Å². The Morgan fingerprint density at radius 3 is 2.34 bits per heavy atom. The average Bonchev–Trinajstić information content (AvgIpc) is 2.69. The summed E-state index contributed by atoms with van der Waals surface area (Å²) in [6, 6.07) is 8.91. The molecular formula is C20H24N2O6S. The third-order valence-electron chi connectivity index (χ3n) is 5.05. The lowest BCUT2D eigenvalue weighted by Gasteiger charge is -2.29. The van der Waals surface area contributed by atoms with Gasteiger partial charge in [-0.3, -0.25) is 10.1 Å². The van der Waals surface area contributed by atoms with Gasteiger partial charge in [-0.2, -0.15) is 4.31 Å². The largest absolute Gasteiger partial charge is 0.493 e. The molecule has 0 unspecified atom stereocenters. The molecule has 1 saturated heterocycles. The van der Waals surface area contributed by atoms with Crippen LogP contribution >= 0.6 is 0 Å². The zero-order valence-corrected chi connectivity index (χ0v) is 17.4. The van der Waals surface area contributed by atoms with Gasteiger partial charge < -0.3 is 9.47 Å². The van der Waals surface area contributed by atoms with Crippen molar-refractivity contribution < 1.29 is 22.8 Å². The molecule has 3 rings (SSSR count). The summed E-state index contributed by atoms with van der Waals surface area (Å²) < 4.78 is 38.2. The number of methoxy groups -OCH3 is 1. The Kier molecular flexibility index (Phi) is 6.09. The zero-order chi connectivity index (χ0) is 21.2. The van der Waals surface area contributed by atoms with Gasteiger partial charge in [0.2, 0.25) is 15.8 Å². The molecular weight excluding hydrogens is 396 g/mol. The molecule has 8 nitrogen and oxygen atoms in total. The number of rotatable bonds is 6. The van der Waals surface area contributed by atoms with Crippen molar-refractivity contribution in [3.05, 3.63) is 52.1 Å². The molecule has 1 heterocycles. The standard InChI is InChI=1S/C20H24N2O6S/c1-14-8-10-21(11-9-14)29(25,26)16-5-7-18(17(13-16)22(23)24)28-19-6-4-15(2)12-20(19)27-3/h4-7,12-14H,8-11H2,1-3H3. The monoisotopic (exact) mass is 420 g/mol. The molecule has 29 heavy (non-hydrogen) atoms. The van der Waals surface area contributed by atoms with Crippen molar-refractivity contribution in [2.45, 2.75) is 31.6 Å². The predicted molar refractivity (Wildman–Crippen MR) is 108 cm³/mol. The molecule has 1 aliphatic rings. The van der Waals surface area contributed by atoms with Crippen LogP contribution in [-0.2, 0) is 10.0 Å². The smallest absolute Gasteiger partial charge is 0.312 e. The summed E-state index contributed by atoms with van der Waals surface area (Å²) in [7, 11) is -2.32. The van der Waals surface area contributed by atoms with Crippen molar-refractivity contribution >= 4 is 15.7 Å². The van der Waals surface area contributed by atoms with Gasteiger partial charge in [0.05, 0.1) is 16.9 Å². The summed E-state index contributed by atoms with van der Waals surface area (Å²) in [5, 5.41) is 11.6. The fourth-order valence-corrected chi connectivity index (χ4v) is 4.73. The molecule has 0 N–H and O–H groups in total. The first-order valence-corrected chi connectivity index (χ1v) is 10.8. The Morgan fingerprint density at radius 2 is 1.72 bits per heavy atom. The lowest BCUT2D eigenvalue weighted by atomic mass is 10.0. The number of aryl methyl sites for hydroxylation is 1. The van der Waals surface area contributed by atoms with E-state index in [1.165, 1.54) is 23.5 Å². The Balaban J connectivity index is 1.95. The highest BCUT2D eigenvalue weighted by molar-refractivity contribution is 7.89. The van der Waals surface area contributed by atoms with E-state index in [0.29, 0.717) is 30.5 Å². The number of hydrogen-bond donors (Lipinski definition) is 0. The Morgan fingerprint density at radius 1 is 1.07 bits per heavy atom. The van der Waals surface area contributed by atoms with Crippen LogP contribution in [0.4, 0.5) is 5.69 Å². The molecule has 0 bridgehead atoms. The third kappa shape index (κ3) is 4.51. The van der Waals surface area contributed by atoms with Gasteiger partial charge >= 0.3 is 5.69 Å². The van der Waals surface area contributed by atoms with Gasteiger partial charge in [-0.25, -0.2) is 8.42 Å². The minimum Gasteiger partial charge on any atom is -0.493 e. The number of sulfonamides is 1. The van der Waals surface area contributed by atoms with E-state index in [2.05, 4.69) is 6.92 Å². The van der Waals surface area contributed by atoms with Gasteiger partial charge in [-0.15, -0.1) is 0 Å². The second kappa shape index (κ2) is 8.38. The average molecular weight is 420 g/mol. The van der Waals surface area contributed by atoms with E-state index >= 15 is 0 Å². The molecule has 9 heteroatoms. The molecule has 156 valence electrons. The van der Waals surface area contributed by atoms with Crippen molar-refractivity contribution in [3.8, 4) is 17.2 Å². The topological polar surface area (TPSA) is 99.0 Å². The van der Waals surface area contributed by atoms with Crippen LogP contribution in [0.5, 0.6) is 17.2 Å². The number of piperidine rings is 1. The summed E-state index contributed by atoms with van der Waals surface area (Å²) in [5.74, 6) is 1.15. The van der Waals surface area contributed by atoms with E-state index in [1.54, 1.807) is 18.2 Å². The lowest BCUT2D eigenvalue weighted by Crippen LogP contribution is -2.37. The van der Waals surface area contributed by atoms with E-state index in [4.69, 9.17) is 9.47 Å². The maximum atomic E-state index is 12.9. The van der Waals surface area contributed by atoms with Crippen LogP contribution in [0.15, 0.2) is 41.3 Å². The molecule has 0 aromatic heterocycles. The highest BCUT2D eigenvalue weighted by Gasteiger charge is 2.30. The number of hydrogen-bond acceptors (Lipinski definition) is 6. The first-order valence-electron chi connectivity index (χ1n) is 9.33. The lowest BCUT2D eigenvalue weighted by molar-refractivity contribution is -0.385. The van der Waals surface area contributed by atoms with E-state index < -0.39 is 20.6 Å². The van der Waals surface area contributed by atoms with E-state index in [-0.39, 0.29) is 10.6 Å². The van der Waals surface area contributed by atoms with Gasteiger partial charge in [-0.05, 0) is 55.5 Å². The minimum absolute atomic E-state index is 0.0524. The summed E-state index contributed by atoms with van der Waals surface area (Å²) in [6.45, 7) is 4.79. The van der Waals surface area contributed by atoms with E-state index in [9.17, 15) is 18.5 Å². The summed E-state index contributed by atoms with van der Waals surface area (Å²) in [6.07, 6.45) is 1.55. The quantitative estimate of drug-likeness (QED) is 0.515. The van der Waals surface area contributed by atoms with Crippen molar-refractivity contribution in [3.63, 3.8) is 0 Å². The molecule has 1 fully saturated rings. The molecule has 2 aromatic rings. The first kappa shape index (κ1) is 21.1. The molecule has 0 saturated carbocycles. The molecule has 2 aromatic carbocycles. The Labute approximate surface area is 170 Å². The summed E-state index contributed by atoms with van der Waals surface area (Å²) in [4.78, 5) is 10.9. The van der Waals surface area contributed by atoms with Gasteiger partial charge in [-0.1, -0.05) is 13.0 Å². The van der Waals surface area contributed by atoms with Gasteiger partial charge in [0.25, 0.3) is 0 Å². The first-order chi connectivity index (χ1) is 13.7. The Hall–Kier alpha value is -2.65. The maximum absolute atomic E-state index is 12.9. The molecule has 0 aliphatic carbocycles. The number of benzene rings is 2. The molecule has 0 amide bonds. The predicted octanol–water partition coefficient (Wildman–Crippen LogP) is 4.12. The highest BCUT2D eigenvalue weighted by atomic mass is 32.2. The molecule has 1 aliphatic heterocycles. The second-order valence-corrected chi connectivity index (χ2v) is 9.17. The number of nitro benzene ring substituents is 1. The number of nitro groups is 1. The van der Waals surface area contributed by atoms with Crippen molar-refractivity contribution in [2.24, 2.45) is 5.92 Å². The minimum atomic E-state index is -3.80. The zero-order valence-electron chi connectivity index (χ0n) is 16.6. The van der Waals surface area contributed by atoms with Crippen molar-refractivity contribution in [2.75, 3.05) is 20.2 Å². The van der Waals surface area contributed by atoms with E-state index in [1.807, 2.05) is 6.92 Å². The Bertz CT molecular complexity index is 1010. The van der Waals surface area contributed by atoms with Crippen LogP contribution < -0.4 is 9.47 Å². The maximum Gasteiger partial charge on any atom is 0.312 e. The SMILES string of the molecule is COc1cc(C)ccc1Oc1ccc(S(=O)(=O)N2CCC(C)CC2)cc1[N+](=O)[O-]. The summed E-state index contributed by atoms with van der Waals surface area (Å²) >= 11 is 0. The van der Waals surface area contributed by atoms with Crippen molar-refractivity contribution in [1.82, 2.24) is 4.31 Å². The van der Waals surface area contributed by atoms with Crippen molar-refractivity contribution in [1.29, 1.82) is 0 Å².